The highest BCUT2D eigenvalue weighted by atomic mass is 15.2. The zero-order chi connectivity index (χ0) is 11.2. The second kappa shape index (κ2) is 6.01. The van der Waals surface area contributed by atoms with Gasteiger partial charge in [-0.05, 0) is 26.3 Å². The minimum absolute atomic E-state index is 0.720. The molecule has 2 rings (SSSR count). The van der Waals surface area contributed by atoms with E-state index >= 15 is 0 Å². The highest BCUT2D eigenvalue weighted by Gasteiger charge is 2.15. The topological polar surface area (TPSA) is 33.1 Å². The van der Waals surface area contributed by atoms with Crippen LogP contribution in [-0.2, 0) is 6.54 Å². The lowest BCUT2D eigenvalue weighted by Gasteiger charge is -2.26. The molecule has 1 aliphatic rings. The van der Waals surface area contributed by atoms with Gasteiger partial charge in [0.2, 0.25) is 0 Å². The van der Waals surface area contributed by atoms with Crippen molar-refractivity contribution >= 4 is 0 Å². The van der Waals surface area contributed by atoms with Gasteiger partial charge in [-0.15, -0.1) is 0 Å². The van der Waals surface area contributed by atoms with Crippen molar-refractivity contribution in [1.29, 1.82) is 0 Å². The van der Waals surface area contributed by atoms with Crippen molar-refractivity contribution < 1.29 is 0 Å². The van der Waals surface area contributed by atoms with Crippen LogP contribution in [0.4, 0.5) is 0 Å². The number of aromatic nitrogens is 2. The number of aryl methyl sites for hydroxylation is 1. The summed E-state index contributed by atoms with van der Waals surface area (Å²) < 4.78 is 2.15. The fourth-order valence-electron chi connectivity index (χ4n) is 2.27. The van der Waals surface area contributed by atoms with E-state index in [4.69, 9.17) is 0 Å². The van der Waals surface area contributed by atoms with Crippen LogP contribution in [0.2, 0.25) is 0 Å². The van der Waals surface area contributed by atoms with Crippen molar-refractivity contribution in [2.45, 2.75) is 32.4 Å². The lowest BCUT2D eigenvalue weighted by molar-refractivity contribution is 0.214. The molecule has 1 saturated heterocycles. The summed E-state index contributed by atoms with van der Waals surface area (Å²) in [5, 5.41) is 3.45. The van der Waals surface area contributed by atoms with E-state index in [9.17, 15) is 0 Å². The number of nitrogens with one attached hydrogen (secondary N) is 1. The second-order valence-corrected chi connectivity index (χ2v) is 4.58. The molecule has 0 radical (unpaired) electrons. The number of hydrogen-bond donors (Lipinski definition) is 1. The van der Waals surface area contributed by atoms with E-state index in [0.29, 0.717) is 0 Å². The molecule has 2 heterocycles. The molecular weight excluding hydrogens is 200 g/mol. The molecule has 4 nitrogen and oxygen atoms in total. The molecule has 1 aromatic rings. The average Bonchev–Trinajstić information content (AvgIpc) is 2.71. The Kier molecular flexibility index (Phi) is 4.36. The largest absolute Gasteiger partial charge is 0.337 e. The predicted octanol–water partition coefficient (Wildman–Crippen LogP) is 0.957. The Bertz CT molecular complexity index is 283. The first-order valence-electron chi connectivity index (χ1n) is 6.27. The van der Waals surface area contributed by atoms with E-state index in [-0.39, 0.29) is 0 Å². The van der Waals surface area contributed by atoms with Gasteiger partial charge in [-0.25, -0.2) is 4.98 Å². The van der Waals surface area contributed by atoms with E-state index in [2.05, 4.69) is 26.7 Å². The number of nitrogens with zero attached hydrogens (tertiary/aromatic N) is 3. The van der Waals surface area contributed by atoms with Gasteiger partial charge in [0.15, 0.2) is 0 Å². The van der Waals surface area contributed by atoms with Crippen molar-refractivity contribution in [3.8, 4) is 0 Å². The highest BCUT2D eigenvalue weighted by Crippen LogP contribution is 2.07. The molecule has 1 aromatic heterocycles. The lowest BCUT2D eigenvalue weighted by atomic mass is 10.2. The summed E-state index contributed by atoms with van der Waals surface area (Å²) in [6.07, 6.45) is 8.26. The van der Waals surface area contributed by atoms with Gasteiger partial charge in [-0.1, -0.05) is 0 Å². The summed E-state index contributed by atoms with van der Waals surface area (Å²) in [6.45, 7) is 8.10. The van der Waals surface area contributed by atoms with E-state index in [1.165, 1.54) is 32.5 Å². The van der Waals surface area contributed by atoms with Crippen LogP contribution in [-0.4, -0.2) is 46.7 Å². The van der Waals surface area contributed by atoms with E-state index in [1.54, 1.807) is 0 Å². The normalized spacial score (nSPS) is 23.2. The minimum atomic E-state index is 0.720. The van der Waals surface area contributed by atoms with Crippen LogP contribution in [0, 0.1) is 0 Å². The smallest absolute Gasteiger partial charge is 0.0945 e. The summed E-state index contributed by atoms with van der Waals surface area (Å²) in [4.78, 5) is 6.65. The lowest BCUT2D eigenvalue weighted by Crippen LogP contribution is -2.35. The van der Waals surface area contributed by atoms with Gasteiger partial charge in [0, 0.05) is 44.6 Å². The Labute approximate surface area is 97.7 Å². The Balaban J connectivity index is 1.71. The van der Waals surface area contributed by atoms with Crippen molar-refractivity contribution in [1.82, 2.24) is 19.8 Å². The summed E-state index contributed by atoms with van der Waals surface area (Å²) in [5.74, 6) is 0. The predicted molar refractivity (Wildman–Crippen MR) is 65.4 cm³/mol. The van der Waals surface area contributed by atoms with Crippen molar-refractivity contribution in [3.05, 3.63) is 18.7 Å². The molecule has 0 bridgehead atoms. The third-order valence-electron chi connectivity index (χ3n) is 3.36. The Hall–Kier alpha value is -0.870. The summed E-state index contributed by atoms with van der Waals surface area (Å²) in [7, 11) is 0. The molecule has 4 heteroatoms. The summed E-state index contributed by atoms with van der Waals surface area (Å²) in [6, 6.07) is 0.720. The van der Waals surface area contributed by atoms with Gasteiger partial charge in [0.05, 0.1) is 6.33 Å². The molecule has 0 aliphatic carbocycles. The Morgan fingerprint density at radius 3 is 3.12 bits per heavy atom. The standard InChI is InChI=1S/C12H22N4/c1-12-3-4-13-6-10-16(12)8-2-7-15-9-5-14-11-15/h5,9,11-13H,2-4,6-8,10H2,1H3. The van der Waals surface area contributed by atoms with Crippen LogP contribution in [0.5, 0.6) is 0 Å². The molecule has 1 N–H and O–H groups in total. The van der Waals surface area contributed by atoms with E-state index in [0.717, 1.165) is 19.1 Å². The zero-order valence-corrected chi connectivity index (χ0v) is 10.1. The van der Waals surface area contributed by atoms with Crippen LogP contribution in [0.15, 0.2) is 18.7 Å². The van der Waals surface area contributed by atoms with Crippen molar-refractivity contribution in [2.75, 3.05) is 26.2 Å². The average molecular weight is 222 g/mol. The molecule has 0 aromatic carbocycles. The molecule has 0 saturated carbocycles. The van der Waals surface area contributed by atoms with Crippen LogP contribution in [0.1, 0.15) is 19.8 Å². The maximum Gasteiger partial charge on any atom is 0.0945 e. The summed E-state index contributed by atoms with van der Waals surface area (Å²) >= 11 is 0. The number of rotatable bonds is 4. The van der Waals surface area contributed by atoms with E-state index < -0.39 is 0 Å². The SMILES string of the molecule is CC1CCNCCN1CCCn1ccnc1. The molecular formula is C12H22N4. The molecule has 0 spiro atoms. The Morgan fingerprint density at radius 1 is 1.38 bits per heavy atom. The third-order valence-corrected chi connectivity index (χ3v) is 3.36. The van der Waals surface area contributed by atoms with Gasteiger partial charge in [-0.3, -0.25) is 4.90 Å². The molecule has 1 aliphatic heterocycles. The fourth-order valence-corrected chi connectivity index (χ4v) is 2.27. The highest BCUT2D eigenvalue weighted by molar-refractivity contribution is 4.76. The maximum atomic E-state index is 4.06. The van der Waals surface area contributed by atoms with E-state index in [1.807, 2.05) is 18.7 Å². The first-order valence-corrected chi connectivity index (χ1v) is 6.27. The van der Waals surface area contributed by atoms with Gasteiger partial charge in [0.25, 0.3) is 0 Å². The van der Waals surface area contributed by atoms with Crippen LogP contribution in [0.25, 0.3) is 0 Å². The van der Waals surface area contributed by atoms with Gasteiger partial charge in [0.1, 0.15) is 0 Å². The second-order valence-electron chi connectivity index (χ2n) is 4.58. The zero-order valence-electron chi connectivity index (χ0n) is 10.1. The molecule has 1 atom stereocenters. The third kappa shape index (κ3) is 3.32. The van der Waals surface area contributed by atoms with Gasteiger partial charge >= 0.3 is 0 Å². The van der Waals surface area contributed by atoms with Crippen molar-refractivity contribution in [3.63, 3.8) is 0 Å². The fraction of sp³-hybridized carbons (Fsp3) is 0.750. The van der Waals surface area contributed by atoms with Gasteiger partial charge < -0.3 is 9.88 Å². The number of imidazole rings is 1. The minimum Gasteiger partial charge on any atom is -0.337 e. The quantitative estimate of drug-likeness (QED) is 0.823. The van der Waals surface area contributed by atoms with Gasteiger partial charge in [-0.2, -0.15) is 0 Å². The molecule has 90 valence electrons. The molecule has 1 fully saturated rings. The first kappa shape index (κ1) is 11.6. The number of hydrogen-bond acceptors (Lipinski definition) is 3. The molecule has 16 heavy (non-hydrogen) atoms. The first-order chi connectivity index (χ1) is 7.86. The van der Waals surface area contributed by atoms with Crippen LogP contribution >= 0.6 is 0 Å². The van der Waals surface area contributed by atoms with Crippen LogP contribution < -0.4 is 5.32 Å². The molecule has 0 amide bonds. The Morgan fingerprint density at radius 2 is 2.31 bits per heavy atom. The maximum absolute atomic E-state index is 4.06. The van der Waals surface area contributed by atoms with Crippen LogP contribution in [0.3, 0.4) is 0 Å². The van der Waals surface area contributed by atoms with Crippen molar-refractivity contribution in [2.24, 2.45) is 0 Å². The summed E-state index contributed by atoms with van der Waals surface area (Å²) in [5.41, 5.74) is 0. The molecule has 1 unspecified atom stereocenters. The monoisotopic (exact) mass is 222 g/mol.